The molecule has 1 aromatic carbocycles. The highest BCUT2D eigenvalue weighted by atomic mass is 16.3. The number of nitrogens with two attached hydrogens (primary N) is 1. The Bertz CT molecular complexity index is 597. The van der Waals surface area contributed by atoms with Crippen molar-refractivity contribution in [3.05, 3.63) is 30.9 Å². The van der Waals surface area contributed by atoms with Gasteiger partial charge in [-0.15, -0.1) is 0 Å². The Morgan fingerprint density at radius 1 is 1.27 bits per heavy atom. The summed E-state index contributed by atoms with van der Waals surface area (Å²) < 4.78 is 5.20. The molecule has 3 N–H and O–H groups in total. The van der Waals surface area contributed by atoms with Crippen LogP contribution in [0.5, 0.6) is 0 Å². The first-order valence-corrected chi connectivity index (χ1v) is 4.46. The highest BCUT2D eigenvalue weighted by Crippen LogP contribution is 2.27. The molecule has 0 amide bonds. The summed E-state index contributed by atoms with van der Waals surface area (Å²) in [6.45, 7) is 0. The summed E-state index contributed by atoms with van der Waals surface area (Å²) in [6, 6.07) is 3.78. The standard InChI is InChI=1S/C10H8N4O/c11-8-1-6(10-4-12-5-15-10)2-9-7(8)3-13-14-9/h1-5H,11H2,(H,13,14). The Labute approximate surface area is 84.9 Å². The minimum atomic E-state index is 0.674. The molecule has 0 unspecified atom stereocenters. The van der Waals surface area contributed by atoms with Crippen molar-refractivity contribution < 1.29 is 4.42 Å². The maximum absolute atomic E-state index is 5.89. The van der Waals surface area contributed by atoms with Gasteiger partial charge in [0.05, 0.1) is 17.9 Å². The lowest BCUT2D eigenvalue weighted by Crippen LogP contribution is -1.86. The second-order valence-electron chi connectivity index (χ2n) is 3.26. The number of nitrogens with zero attached hydrogens (tertiary/aromatic N) is 2. The zero-order chi connectivity index (χ0) is 10.3. The summed E-state index contributed by atoms with van der Waals surface area (Å²) in [6.07, 6.45) is 4.74. The molecule has 74 valence electrons. The summed E-state index contributed by atoms with van der Waals surface area (Å²) >= 11 is 0. The van der Waals surface area contributed by atoms with Crippen molar-refractivity contribution in [1.29, 1.82) is 0 Å². The van der Waals surface area contributed by atoms with Gasteiger partial charge in [0.2, 0.25) is 0 Å². The van der Waals surface area contributed by atoms with Crippen molar-refractivity contribution in [2.75, 3.05) is 5.73 Å². The molecule has 0 saturated heterocycles. The van der Waals surface area contributed by atoms with Crippen LogP contribution in [0.4, 0.5) is 5.69 Å². The molecule has 15 heavy (non-hydrogen) atoms. The predicted molar refractivity (Wildman–Crippen MR) is 56.0 cm³/mol. The number of aromatic amines is 1. The molecular weight excluding hydrogens is 192 g/mol. The van der Waals surface area contributed by atoms with E-state index >= 15 is 0 Å². The summed E-state index contributed by atoms with van der Waals surface area (Å²) in [5.74, 6) is 0.693. The Balaban J connectivity index is 2.29. The molecule has 0 aliphatic heterocycles. The van der Waals surface area contributed by atoms with Crippen LogP contribution >= 0.6 is 0 Å². The van der Waals surface area contributed by atoms with Crippen molar-refractivity contribution >= 4 is 16.6 Å². The smallest absolute Gasteiger partial charge is 0.181 e. The Kier molecular flexibility index (Phi) is 1.53. The number of fused-ring (bicyclic) bond motifs is 1. The molecule has 0 atom stereocenters. The van der Waals surface area contributed by atoms with E-state index in [1.165, 1.54) is 6.39 Å². The Hall–Kier alpha value is -2.30. The van der Waals surface area contributed by atoms with E-state index in [9.17, 15) is 0 Å². The van der Waals surface area contributed by atoms with Gasteiger partial charge < -0.3 is 10.2 Å². The monoisotopic (exact) mass is 200 g/mol. The third kappa shape index (κ3) is 1.17. The number of benzene rings is 1. The SMILES string of the molecule is Nc1cc(-c2cnco2)cc2[nH]ncc12. The summed E-state index contributed by atoms with van der Waals surface area (Å²) in [5, 5.41) is 7.72. The zero-order valence-corrected chi connectivity index (χ0v) is 7.77. The van der Waals surface area contributed by atoms with Crippen LogP contribution in [0.25, 0.3) is 22.2 Å². The molecule has 0 saturated carbocycles. The van der Waals surface area contributed by atoms with Crippen molar-refractivity contribution in [3.8, 4) is 11.3 Å². The molecule has 3 rings (SSSR count). The molecular formula is C10H8N4O. The highest BCUT2D eigenvalue weighted by molar-refractivity contribution is 5.93. The van der Waals surface area contributed by atoms with Crippen LogP contribution in [0.15, 0.2) is 35.3 Å². The van der Waals surface area contributed by atoms with E-state index in [2.05, 4.69) is 15.2 Å². The van der Waals surface area contributed by atoms with Crippen LogP contribution in [0.1, 0.15) is 0 Å². The van der Waals surface area contributed by atoms with Crippen LogP contribution in [-0.2, 0) is 0 Å². The van der Waals surface area contributed by atoms with Gasteiger partial charge in [-0.1, -0.05) is 0 Å². The van der Waals surface area contributed by atoms with Crippen LogP contribution in [-0.4, -0.2) is 15.2 Å². The molecule has 3 aromatic rings. The van der Waals surface area contributed by atoms with Crippen LogP contribution in [0.3, 0.4) is 0 Å². The summed E-state index contributed by atoms with van der Waals surface area (Å²) in [4.78, 5) is 3.86. The van der Waals surface area contributed by atoms with Crippen LogP contribution < -0.4 is 5.73 Å². The van der Waals surface area contributed by atoms with Gasteiger partial charge >= 0.3 is 0 Å². The number of hydrogen-bond acceptors (Lipinski definition) is 4. The lowest BCUT2D eigenvalue weighted by molar-refractivity contribution is 0.572. The molecule has 0 fully saturated rings. The quantitative estimate of drug-likeness (QED) is 0.587. The fourth-order valence-electron chi connectivity index (χ4n) is 1.58. The number of hydrogen-bond donors (Lipinski definition) is 2. The Morgan fingerprint density at radius 2 is 2.20 bits per heavy atom. The summed E-state index contributed by atoms with van der Waals surface area (Å²) in [7, 11) is 0. The van der Waals surface area contributed by atoms with Crippen LogP contribution in [0, 0.1) is 0 Å². The van der Waals surface area contributed by atoms with E-state index in [0.717, 1.165) is 16.5 Å². The molecule has 0 aliphatic carbocycles. The van der Waals surface area contributed by atoms with E-state index in [0.29, 0.717) is 11.4 Å². The van der Waals surface area contributed by atoms with Gasteiger partial charge in [-0.2, -0.15) is 5.10 Å². The number of nitrogen functional groups attached to an aromatic ring is 1. The van der Waals surface area contributed by atoms with Gasteiger partial charge in [0.1, 0.15) is 0 Å². The van der Waals surface area contributed by atoms with Gasteiger partial charge in [0, 0.05) is 16.6 Å². The molecule has 0 aliphatic rings. The van der Waals surface area contributed by atoms with E-state index in [4.69, 9.17) is 10.2 Å². The predicted octanol–water partition coefficient (Wildman–Crippen LogP) is 1.80. The largest absolute Gasteiger partial charge is 0.444 e. The first-order chi connectivity index (χ1) is 7.34. The molecule has 2 aromatic heterocycles. The normalized spacial score (nSPS) is 10.9. The van der Waals surface area contributed by atoms with Crippen molar-refractivity contribution in [2.45, 2.75) is 0 Å². The second-order valence-corrected chi connectivity index (χ2v) is 3.26. The average Bonchev–Trinajstić information content (AvgIpc) is 2.88. The number of rotatable bonds is 1. The second kappa shape index (κ2) is 2.84. The van der Waals surface area contributed by atoms with Crippen molar-refractivity contribution in [3.63, 3.8) is 0 Å². The van der Waals surface area contributed by atoms with E-state index < -0.39 is 0 Å². The van der Waals surface area contributed by atoms with Crippen molar-refractivity contribution in [2.24, 2.45) is 0 Å². The number of aromatic nitrogens is 3. The number of anilines is 1. The fourth-order valence-corrected chi connectivity index (χ4v) is 1.58. The fraction of sp³-hybridized carbons (Fsp3) is 0. The topological polar surface area (TPSA) is 80.7 Å². The third-order valence-electron chi connectivity index (χ3n) is 2.31. The van der Waals surface area contributed by atoms with E-state index in [1.807, 2.05) is 12.1 Å². The van der Waals surface area contributed by atoms with Crippen molar-refractivity contribution in [1.82, 2.24) is 15.2 Å². The zero-order valence-electron chi connectivity index (χ0n) is 7.77. The van der Waals surface area contributed by atoms with Gasteiger partial charge in [-0.05, 0) is 12.1 Å². The molecule has 5 nitrogen and oxygen atoms in total. The minimum Gasteiger partial charge on any atom is -0.444 e. The van der Waals surface area contributed by atoms with Gasteiger partial charge in [0.25, 0.3) is 0 Å². The lowest BCUT2D eigenvalue weighted by atomic mass is 10.1. The number of nitrogens with one attached hydrogen (secondary N) is 1. The lowest BCUT2D eigenvalue weighted by Gasteiger charge is -1.99. The molecule has 0 radical (unpaired) electrons. The molecule has 2 heterocycles. The van der Waals surface area contributed by atoms with Gasteiger partial charge in [-0.3, -0.25) is 5.10 Å². The highest BCUT2D eigenvalue weighted by Gasteiger charge is 2.06. The molecule has 0 spiro atoms. The van der Waals surface area contributed by atoms with E-state index in [1.54, 1.807) is 12.4 Å². The molecule has 0 bridgehead atoms. The first-order valence-electron chi connectivity index (χ1n) is 4.46. The maximum atomic E-state index is 5.89. The number of H-pyrrole nitrogens is 1. The molecule has 5 heteroatoms. The average molecular weight is 200 g/mol. The first kappa shape index (κ1) is 8.05. The van der Waals surface area contributed by atoms with Crippen LogP contribution in [0.2, 0.25) is 0 Å². The minimum absolute atomic E-state index is 0.674. The summed E-state index contributed by atoms with van der Waals surface area (Å²) in [5.41, 5.74) is 8.34. The maximum Gasteiger partial charge on any atom is 0.181 e. The van der Waals surface area contributed by atoms with Gasteiger partial charge in [-0.25, -0.2) is 4.98 Å². The third-order valence-corrected chi connectivity index (χ3v) is 2.31. The Morgan fingerprint density at radius 3 is 3.00 bits per heavy atom. The van der Waals surface area contributed by atoms with E-state index in [-0.39, 0.29) is 0 Å². The van der Waals surface area contributed by atoms with Gasteiger partial charge in [0.15, 0.2) is 12.2 Å². The number of oxazole rings is 1.